The monoisotopic (exact) mass is 261 g/mol. The van der Waals surface area contributed by atoms with Gasteiger partial charge in [0.2, 0.25) is 0 Å². The number of anilines is 1. The summed E-state index contributed by atoms with van der Waals surface area (Å²) in [5, 5.41) is 6.06. The van der Waals surface area contributed by atoms with Gasteiger partial charge in [0.15, 0.2) is 0 Å². The van der Waals surface area contributed by atoms with Gasteiger partial charge in [-0.2, -0.15) is 0 Å². The number of fused-ring (bicyclic) bond motifs is 1. The molecule has 0 atom stereocenters. The minimum atomic E-state index is 0.861. The van der Waals surface area contributed by atoms with E-state index >= 15 is 0 Å². The highest BCUT2D eigenvalue weighted by Crippen LogP contribution is 2.19. The third kappa shape index (κ3) is 2.67. The fourth-order valence-corrected chi connectivity index (χ4v) is 2.42. The Hall–Kier alpha value is -2.28. The minimum absolute atomic E-state index is 0.861. The van der Waals surface area contributed by atoms with Crippen LogP contribution in [0.1, 0.15) is 16.7 Å². The van der Waals surface area contributed by atoms with Crippen molar-refractivity contribution < 1.29 is 0 Å². The second-order valence-electron chi connectivity index (χ2n) is 5.33. The molecule has 0 aliphatic heterocycles. The van der Waals surface area contributed by atoms with Crippen molar-refractivity contribution in [1.29, 1.82) is 0 Å². The zero-order chi connectivity index (χ0) is 13.9. The number of rotatable bonds is 3. The second-order valence-corrected chi connectivity index (χ2v) is 5.33. The van der Waals surface area contributed by atoms with Crippen molar-refractivity contribution >= 4 is 16.5 Å². The van der Waals surface area contributed by atoms with E-state index in [9.17, 15) is 0 Å². The van der Waals surface area contributed by atoms with Gasteiger partial charge in [0, 0.05) is 12.2 Å². The fraction of sp³-hybridized carbons (Fsp3) is 0.158. The van der Waals surface area contributed by atoms with Crippen LogP contribution in [0.4, 0.5) is 5.69 Å². The lowest BCUT2D eigenvalue weighted by molar-refractivity contribution is 1.13. The molecule has 1 heteroatoms. The number of hydrogen-bond donors (Lipinski definition) is 1. The molecule has 20 heavy (non-hydrogen) atoms. The molecule has 0 saturated carbocycles. The van der Waals surface area contributed by atoms with Crippen LogP contribution >= 0.6 is 0 Å². The van der Waals surface area contributed by atoms with Crippen LogP contribution in [-0.2, 0) is 6.54 Å². The van der Waals surface area contributed by atoms with Crippen LogP contribution in [0.3, 0.4) is 0 Å². The van der Waals surface area contributed by atoms with Crippen LogP contribution in [0.2, 0.25) is 0 Å². The maximum atomic E-state index is 3.50. The fourth-order valence-electron chi connectivity index (χ4n) is 2.42. The maximum Gasteiger partial charge on any atom is 0.0400 e. The molecule has 0 unspecified atom stereocenters. The summed E-state index contributed by atoms with van der Waals surface area (Å²) in [5.41, 5.74) is 5.19. The standard InChI is InChI=1S/C19H19N/c1-14-7-8-16(11-15(14)2)13-20-19-10-9-17-5-3-4-6-18(17)12-19/h3-12,20H,13H2,1-2H3. The first-order valence-electron chi connectivity index (χ1n) is 7.01. The first-order chi connectivity index (χ1) is 9.72. The summed E-state index contributed by atoms with van der Waals surface area (Å²) in [6.45, 7) is 5.17. The van der Waals surface area contributed by atoms with Crippen LogP contribution < -0.4 is 5.32 Å². The average Bonchev–Trinajstić information content (AvgIpc) is 2.48. The summed E-state index contributed by atoms with van der Waals surface area (Å²) in [6, 6.07) is 21.6. The SMILES string of the molecule is Cc1ccc(CNc2ccc3ccccc3c2)cc1C. The van der Waals surface area contributed by atoms with Crippen molar-refractivity contribution in [2.24, 2.45) is 0 Å². The molecule has 0 amide bonds. The summed E-state index contributed by atoms with van der Waals surface area (Å²) in [4.78, 5) is 0. The lowest BCUT2D eigenvalue weighted by Gasteiger charge is -2.09. The van der Waals surface area contributed by atoms with Crippen LogP contribution in [0.5, 0.6) is 0 Å². The Morgan fingerprint density at radius 2 is 1.55 bits per heavy atom. The largest absolute Gasteiger partial charge is 0.381 e. The topological polar surface area (TPSA) is 12.0 Å². The van der Waals surface area contributed by atoms with Crippen molar-refractivity contribution in [3.05, 3.63) is 77.4 Å². The Morgan fingerprint density at radius 3 is 2.35 bits per heavy atom. The Bertz CT molecular complexity index is 744. The van der Waals surface area contributed by atoms with Crippen LogP contribution in [0, 0.1) is 13.8 Å². The molecule has 1 nitrogen and oxygen atoms in total. The predicted octanol–water partition coefficient (Wildman–Crippen LogP) is 5.07. The number of hydrogen-bond acceptors (Lipinski definition) is 1. The van der Waals surface area contributed by atoms with Crippen LogP contribution in [-0.4, -0.2) is 0 Å². The van der Waals surface area contributed by atoms with E-state index in [1.165, 1.54) is 33.2 Å². The van der Waals surface area contributed by atoms with Gasteiger partial charge in [0.05, 0.1) is 0 Å². The first kappa shape index (κ1) is 12.7. The van der Waals surface area contributed by atoms with E-state index in [1.807, 2.05) is 0 Å². The highest BCUT2D eigenvalue weighted by Gasteiger charge is 1.98. The zero-order valence-electron chi connectivity index (χ0n) is 12.0. The van der Waals surface area contributed by atoms with Crippen molar-refractivity contribution in [1.82, 2.24) is 0 Å². The van der Waals surface area contributed by atoms with Crippen molar-refractivity contribution in [2.45, 2.75) is 20.4 Å². The zero-order valence-corrected chi connectivity index (χ0v) is 12.0. The van der Waals surface area contributed by atoms with Gasteiger partial charge in [-0.15, -0.1) is 0 Å². The normalized spacial score (nSPS) is 10.7. The van der Waals surface area contributed by atoms with Gasteiger partial charge in [-0.25, -0.2) is 0 Å². The quantitative estimate of drug-likeness (QED) is 0.694. The molecule has 0 aliphatic rings. The maximum absolute atomic E-state index is 3.50. The minimum Gasteiger partial charge on any atom is -0.381 e. The molecule has 0 aliphatic carbocycles. The Labute approximate surface area is 120 Å². The highest BCUT2D eigenvalue weighted by molar-refractivity contribution is 5.85. The second kappa shape index (κ2) is 5.38. The molecule has 1 N–H and O–H groups in total. The molecule has 0 bridgehead atoms. The van der Waals surface area contributed by atoms with E-state index in [0.717, 1.165) is 6.54 Å². The molecule has 100 valence electrons. The number of nitrogens with one attached hydrogen (secondary N) is 1. The highest BCUT2D eigenvalue weighted by atomic mass is 14.9. The summed E-state index contributed by atoms with van der Waals surface area (Å²) < 4.78 is 0. The molecule has 3 aromatic carbocycles. The van der Waals surface area contributed by atoms with Crippen LogP contribution in [0.25, 0.3) is 10.8 Å². The van der Waals surface area contributed by atoms with E-state index in [2.05, 4.69) is 79.8 Å². The van der Waals surface area contributed by atoms with Crippen LogP contribution in [0.15, 0.2) is 60.7 Å². The molecule has 0 saturated heterocycles. The molecular weight excluding hydrogens is 242 g/mol. The summed E-state index contributed by atoms with van der Waals surface area (Å²) >= 11 is 0. The van der Waals surface area contributed by atoms with Gasteiger partial charge in [-0.1, -0.05) is 48.5 Å². The van der Waals surface area contributed by atoms with E-state index in [1.54, 1.807) is 0 Å². The van der Waals surface area contributed by atoms with Crippen molar-refractivity contribution in [2.75, 3.05) is 5.32 Å². The van der Waals surface area contributed by atoms with Crippen molar-refractivity contribution in [3.8, 4) is 0 Å². The van der Waals surface area contributed by atoms with Crippen molar-refractivity contribution in [3.63, 3.8) is 0 Å². The van der Waals surface area contributed by atoms with E-state index in [-0.39, 0.29) is 0 Å². The molecule has 3 aromatic rings. The average molecular weight is 261 g/mol. The number of benzene rings is 3. The molecule has 0 fully saturated rings. The van der Waals surface area contributed by atoms with Gasteiger partial charge in [0.1, 0.15) is 0 Å². The van der Waals surface area contributed by atoms with E-state index < -0.39 is 0 Å². The van der Waals surface area contributed by atoms with Gasteiger partial charge < -0.3 is 5.32 Å². The summed E-state index contributed by atoms with van der Waals surface area (Å²) in [6.07, 6.45) is 0. The Kier molecular flexibility index (Phi) is 3.42. The summed E-state index contributed by atoms with van der Waals surface area (Å²) in [5.74, 6) is 0. The molecule has 0 aromatic heterocycles. The van der Waals surface area contributed by atoms with Gasteiger partial charge in [0.25, 0.3) is 0 Å². The lowest BCUT2D eigenvalue weighted by Crippen LogP contribution is -2.00. The third-order valence-corrected chi connectivity index (χ3v) is 3.82. The predicted molar refractivity (Wildman–Crippen MR) is 87.2 cm³/mol. The summed E-state index contributed by atoms with van der Waals surface area (Å²) in [7, 11) is 0. The first-order valence-corrected chi connectivity index (χ1v) is 7.01. The Balaban J connectivity index is 1.77. The molecule has 0 spiro atoms. The van der Waals surface area contributed by atoms with E-state index in [0.29, 0.717) is 0 Å². The molecule has 0 radical (unpaired) electrons. The van der Waals surface area contributed by atoms with Gasteiger partial charge in [-0.3, -0.25) is 0 Å². The third-order valence-electron chi connectivity index (χ3n) is 3.82. The van der Waals surface area contributed by atoms with Gasteiger partial charge in [-0.05, 0) is 53.4 Å². The van der Waals surface area contributed by atoms with E-state index in [4.69, 9.17) is 0 Å². The molecular formula is C19H19N. The molecule has 3 rings (SSSR count). The molecule has 0 heterocycles. The lowest BCUT2D eigenvalue weighted by atomic mass is 10.1. The Morgan fingerprint density at radius 1 is 0.750 bits per heavy atom. The van der Waals surface area contributed by atoms with Gasteiger partial charge >= 0.3 is 0 Å². The number of aryl methyl sites for hydroxylation is 2. The smallest absolute Gasteiger partial charge is 0.0400 e.